The molecule has 0 radical (unpaired) electrons. The Bertz CT molecular complexity index is 334. The molecule has 0 unspecified atom stereocenters. The van der Waals surface area contributed by atoms with Crippen molar-refractivity contribution in [2.24, 2.45) is 0 Å². The highest BCUT2D eigenvalue weighted by molar-refractivity contribution is 5.25. The Hall–Kier alpha value is -1.12. The molecule has 76 valence electrons. The van der Waals surface area contributed by atoms with E-state index < -0.39 is 5.95 Å². The van der Waals surface area contributed by atoms with Crippen molar-refractivity contribution in [3.63, 3.8) is 0 Å². The third-order valence-corrected chi connectivity index (χ3v) is 2.21. The largest absolute Gasteiger partial charge is 0.490 e. The fraction of sp³-hybridized carbons (Fsp3) is 0.545. The minimum Gasteiger partial charge on any atom is -0.490 e. The Labute approximate surface area is 83.1 Å². The lowest BCUT2D eigenvalue weighted by molar-refractivity contribution is 0.300. The number of halogens is 1. The summed E-state index contributed by atoms with van der Waals surface area (Å²) in [4.78, 5) is 3.81. The quantitative estimate of drug-likeness (QED) is 0.692. The smallest absolute Gasteiger partial charge is 0.216 e. The van der Waals surface area contributed by atoms with Crippen molar-refractivity contribution in [2.75, 3.05) is 0 Å². The van der Waals surface area contributed by atoms with Crippen LogP contribution in [0.25, 0.3) is 0 Å². The zero-order valence-electron chi connectivity index (χ0n) is 8.46. The van der Waals surface area contributed by atoms with Crippen molar-refractivity contribution in [3.05, 3.63) is 23.8 Å². The number of aromatic nitrogens is 1. The zero-order chi connectivity index (χ0) is 10.1. The predicted molar refractivity (Wildman–Crippen MR) is 51.9 cm³/mol. The number of rotatable bonds is 3. The summed E-state index contributed by atoms with van der Waals surface area (Å²) in [6, 6.07) is 3.18. The predicted octanol–water partition coefficient (Wildman–Crippen LogP) is 2.89. The maximum Gasteiger partial charge on any atom is 0.216 e. The van der Waals surface area contributed by atoms with Gasteiger partial charge in [-0.2, -0.15) is 4.39 Å². The molecule has 0 aliphatic heterocycles. The zero-order valence-corrected chi connectivity index (χ0v) is 8.46. The van der Waals surface area contributed by atoms with Gasteiger partial charge in [0, 0.05) is 17.8 Å². The van der Waals surface area contributed by atoms with Crippen LogP contribution >= 0.6 is 0 Å². The Morgan fingerprint density at radius 3 is 2.71 bits per heavy atom. The van der Waals surface area contributed by atoms with E-state index in [-0.39, 0.29) is 5.92 Å². The number of nitrogens with zero attached hydrogens (tertiary/aromatic N) is 1. The van der Waals surface area contributed by atoms with E-state index in [0.717, 1.165) is 18.5 Å². The molecule has 2 rings (SSSR count). The maximum atomic E-state index is 13.1. The molecule has 1 aromatic rings. The van der Waals surface area contributed by atoms with Gasteiger partial charge in [-0.15, -0.1) is 0 Å². The monoisotopic (exact) mass is 195 g/mol. The van der Waals surface area contributed by atoms with Crippen LogP contribution in [0.3, 0.4) is 0 Å². The van der Waals surface area contributed by atoms with Crippen LogP contribution in [0.2, 0.25) is 0 Å². The summed E-state index contributed by atoms with van der Waals surface area (Å²) < 4.78 is 18.6. The molecule has 0 amide bonds. The van der Waals surface area contributed by atoms with E-state index in [0.29, 0.717) is 11.9 Å². The first kappa shape index (κ1) is 9.44. The second-order valence-electron chi connectivity index (χ2n) is 4.02. The van der Waals surface area contributed by atoms with Crippen LogP contribution in [0.1, 0.15) is 38.3 Å². The molecule has 1 heterocycles. The highest BCUT2D eigenvalue weighted by Crippen LogP contribution is 2.28. The van der Waals surface area contributed by atoms with E-state index in [1.807, 2.05) is 19.9 Å². The maximum absolute atomic E-state index is 13.1. The third-order valence-electron chi connectivity index (χ3n) is 2.21. The first-order valence-corrected chi connectivity index (χ1v) is 4.99. The molecule has 2 nitrogen and oxygen atoms in total. The Morgan fingerprint density at radius 1 is 1.43 bits per heavy atom. The van der Waals surface area contributed by atoms with Gasteiger partial charge in [-0.1, -0.05) is 13.8 Å². The number of hydrogen-bond donors (Lipinski definition) is 0. The van der Waals surface area contributed by atoms with Crippen LogP contribution in [-0.2, 0) is 0 Å². The summed E-state index contributed by atoms with van der Waals surface area (Å²) in [6.07, 6.45) is 2.47. The van der Waals surface area contributed by atoms with Gasteiger partial charge in [-0.3, -0.25) is 0 Å². The molecular formula is C11H14FNO. The molecule has 1 saturated carbocycles. The Morgan fingerprint density at radius 2 is 2.14 bits per heavy atom. The van der Waals surface area contributed by atoms with Crippen LogP contribution in [-0.4, -0.2) is 11.1 Å². The first-order chi connectivity index (χ1) is 6.65. The summed E-state index contributed by atoms with van der Waals surface area (Å²) in [5.74, 6) is 0.391. The number of pyridine rings is 1. The minimum absolute atomic E-state index is 0.229. The van der Waals surface area contributed by atoms with Gasteiger partial charge in [0.25, 0.3) is 0 Å². The summed E-state index contributed by atoms with van der Waals surface area (Å²) in [5.41, 5.74) is 0.751. The van der Waals surface area contributed by atoms with Crippen LogP contribution in [0, 0.1) is 5.95 Å². The molecule has 0 saturated heterocycles. The third kappa shape index (κ3) is 2.22. The summed E-state index contributed by atoms with van der Waals surface area (Å²) >= 11 is 0. The number of hydrogen-bond acceptors (Lipinski definition) is 2. The average molecular weight is 195 g/mol. The van der Waals surface area contributed by atoms with Crippen molar-refractivity contribution >= 4 is 0 Å². The Balaban J connectivity index is 2.21. The van der Waals surface area contributed by atoms with E-state index in [1.165, 1.54) is 6.07 Å². The second-order valence-corrected chi connectivity index (χ2v) is 4.02. The second kappa shape index (κ2) is 3.56. The first-order valence-electron chi connectivity index (χ1n) is 4.99. The summed E-state index contributed by atoms with van der Waals surface area (Å²) in [7, 11) is 0. The van der Waals surface area contributed by atoms with Gasteiger partial charge in [0.05, 0.1) is 6.10 Å². The van der Waals surface area contributed by atoms with Crippen molar-refractivity contribution in [1.29, 1.82) is 0 Å². The van der Waals surface area contributed by atoms with Gasteiger partial charge >= 0.3 is 0 Å². The van der Waals surface area contributed by atoms with Gasteiger partial charge in [-0.25, -0.2) is 4.98 Å². The highest BCUT2D eigenvalue weighted by Gasteiger charge is 2.24. The normalized spacial score (nSPS) is 16.0. The van der Waals surface area contributed by atoms with Crippen LogP contribution < -0.4 is 4.74 Å². The number of ether oxygens (including phenoxy) is 1. The standard InChI is InChI=1S/C11H14FNO/c1-7(2)10-5-9(6-11(12)13-10)14-8-3-4-8/h5-8H,3-4H2,1-2H3. The lowest BCUT2D eigenvalue weighted by Gasteiger charge is -2.08. The SMILES string of the molecule is CC(C)c1cc(OC2CC2)cc(F)n1. The molecule has 0 atom stereocenters. The molecule has 14 heavy (non-hydrogen) atoms. The molecule has 3 heteroatoms. The molecular weight excluding hydrogens is 181 g/mol. The molecule has 1 aliphatic carbocycles. The van der Waals surface area contributed by atoms with Crippen LogP contribution in [0.4, 0.5) is 4.39 Å². The van der Waals surface area contributed by atoms with E-state index in [4.69, 9.17) is 4.74 Å². The van der Waals surface area contributed by atoms with Crippen molar-refractivity contribution in [2.45, 2.75) is 38.7 Å². The van der Waals surface area contributed by atoms with Crippen LogP contribution in [0.15, 0.2) is 12.1 Å². The molecule has 0 spiro atoms. The molecule has 0 bridgehead atoms. The summed E-state index contributed by atoms with van der Waals surface area (Å²) in [5, 5.41) is 0. The fourth-order valence-electron chi connectivity index (χ4n) is 1.23. The van der Waals surface area contributed by atoms with Gasteiger partial charge in [0.1, 0.15) is 5.75 Å². The lowest BCUT2D eigenvalue weighted by atomic mass is 10.1. The molecule has 0 N–H and O–H groups in total. The van der Waals surface area contributed by atoms with Crippen molar-refractivity contribution in [1.82, 2.24) is 4.98 Å². The van der Waals surface area contributed by atoms with E-state index in [1.54, 1.807) is 0 Å². The van der Waals surface area contributed by atoms with E-state index in [9.17, 15) is 4.39 Å². The van der Waals surface area contributed by atoms with Gasteiger partial charge < -0.3 is 4.74 Å². The van der Waals surface area contributed by atoms with E-state index in [2.05, 4.69) is 4.98 Å². The van der Waals surface area contributed by atoms with Gasteiger partial charge in [-0.05, 0) is 18.8 Å². The van der Waals surface area contributed by atoms with Crippen molar-refractivity contribution < 1.29 is 9.13 Å². The molecule has 0 aromatic carbocycles. The molecule has 1 aliphatic rings. The lowest BCUT2D eigenvalue weighted by Crippen LogP contribution is -2.01. The summed E-state index contributed by atoms with van der Waals surface area (Å²) in [6.45, 7) is 3.98. The highest BCUT2D eigenvalue weighted by atomic mass is 19.1. The van der Waals surface area contributed by atoms with E-state index >= 15 is 0 Å². The van der Waals surface area contributed by atoms with Gasteiger partial charge in [0.15, 0.2) is 0 Å². The molecule has 1 aromatic heterocycles. The van der Waals surface area contributed by atoms with Crippen molar-refractivity contribution in [3.8, 4) is 5.75 Å². The van der Waals surface area contributed by atoms with Crippen LogP contribution in [0.5, 0.6) is 5.75 Å². The topological polar surface area (TPSA) is 22.1 Å². The Kier molecular flexibility index (Phi) is 2.40. The minimum atomic E-state index is -0.452. The molecule has 1 fully saturated rings. The van der Waals surface area contributed by atoms with Gasteiger partial charge in [0.2, 0.25) is 5.95 Å². The fourth-order valence-corrected chi connectivity index (χ4v) is 1.23. The average Bonchev–Trinajstić information content (AvgIpc) is 2.87.